The summed E-state index contributed by atoms with van der Waals surface area (Å²) in [6.07, 6.45) is 0.909. The quantitative estimate of drug-likeness (QED) is 0.763. The van der Waals surface area contributed by atoms with Gasteiger partial charge in [0, 0.05) is 18.4 Å². The number of amides is 2. The largest absolute Gasteiger partial charge is 0.356 e. The summed E-state index contributed by atoms with van der Waals surface area (Å²) in [6.45, 7) is 12.1. The van der Waals surface area contributed by atoms with E-state index in [4.69, 9.17) is 0 Å². The van der Waals surface area contributed by atoms with Crippen LogP contribution in [0.1, 0.15) is 66.0 Å². The molecule has 0 bridgehead atoms. The number of carbonyl (C=O) groups excluding carboxylic acids is 2. The predicted octanol–water partition coefficient (Wildman–Crippen LogP) is 3.97. The molecule has 0 saturated carbocycles. The van der Waals surface area contributed by atoms with Gasteiger partial charge in [0.1, 0.15) is 5.82 Å². The minimum absolute atomic E-state index is 0.0215. The fourth-order valence-electron chi connectivity index (χ4n) is 2.40. The number of hydrogen-bond acceptors (Lipinski definition) is 2. The number of hydrogen-bond donors (Lipinski definition) is 2. The van der Waals surface area contributed by atoms with Gasteiger partial charge in [0.25, 0.3) is 0 Å². The molecule has 1 aromatic rings. The number of rotatable bonds is 6. The van der Waals surface area contributed by atoms with Crippen molar-refractivity contribution in [1.29, 1.82) is 0 Å². The molecule has 1 unspecified atom stereocenters. The number of nitrogens with one attached hydrogen (secondary N) is 2. The molecule has 4 nitrogen and oxygen atoms in total. The average Bonchev–Trinajstić information content (AvgIpc) is 2.48. The first-order valence-electron chi connectivity index (χ1n) is 8.74. The molecular weight excluding hydrogens is 319 g/mol. The molecule has 0 spiro atoms. The molecule has 25 heavy (non-hydrogen) atoms. The molecule has 1 atom stereocenters. The molecule has 0 radical (unpaired) electrons. The van der Waals surface area contributed by atoms with Crippen molar-refractivity contribution >= 4 is 11.8 Å². The molecule has 0 aliphatic carbocycles. The van der Waals surface area contributed by atoms with Crippen LogP contribution in [0.25, 0.3) is 0 Å². The minimum atomic E-state index is -0.428. The lowest BCUT2D eigenvalue weighted by atomic mass is 9.82. The summed E-state index contributed by atoms with van der Waals surface area (Å²) in [6, 6.07) is 6.01. The molecule has 2 N–H and O–H groups in total. The molecule has 0 heterocycles. The molecule has 0 saturated heterocycles. The highest BCUT2D eigenvalue weighted by Gasteiger charge is 2.27. The van der Waals surface area contributed by atoms with E-state index in [0.29, 0.717) is 19.4 Å². The van der Waals surface area contributed by atoms with E-state index in [0.717, 1.165) is 5.56 Å². The van der Waals surface area contributed by atoms with Crippen molar-refractivity contribution in [3.63, 3.8) is 0 Å². The SMILES string of the molecule is CC(C)(C)C(=O)NCCCC(=O)NC(c1ccc(F)cc1)C(C)(C)C. The maximum Gasteiger partial charge on any atom is 0.225 e. The van der Waals surface area contributed by atoms with Gasteiger partial charge in [-0.3, -0.25) is 9.59 Å². The topological polar surface area (TPSA) is 58.2 Å². The summed E-state index contributed by atoms with van der Waals surface area (Å²) in [5, 5.41) is 5.88. The second-order valence-electron chi connectivity index (χ2n) is 8.53. The Bertz CT molecular complexity index is 583. The normalized spacial score (nSPS) is 13.2. The third-order valence-corrected chi connectivity index (χ3v) is 3.92. The number of benzene rings is 1. The molecule has 0 fully saturated rings. The summed E-state index contributed by atoms with van der Waals surface area (Å²) in [5.41, 5.74) is 0.249. The third kappa shape index (κ3) is 7.24. The zero-order valence-electron chi connectivity index (χ0n) is 16.2. The molecular formula is C20H31FN2O2. The van der Waals surface area contributed by atoms with E-state index < -0.39 is 5.41 Å². The molecule has 2 amide bonds. The summed E-state index contributed by atoms with van der Waals surface area (Å²) in [7, 11) is 0. The van der Waals surface area contributed by atoms with E-state index in [2.05, 4.69) is 10.6 Å². The zero-order valence-corrected chi connectivity index (χ0v) is 16.2. The van der Waals surface area contributed by atoms with Gasteiger partial charge in [0.2, 0.25) is 11.8 Å². The van der Waals surface area contributed by atoms with Crippen molar-refractivity contribution in [2.75, 3.05) is 6.54 Å². The Balaban J connectivity index is 2.57. The lowest BCUT2D eigenvalue weighted by Gasteiger charge is -2.32. The van der Waals surface area contributed by atoms with E-state index in [1.807, 2.05) is 41.5 Å². The molecule has 1 aromatic carbocycles. The predicted molar refractivity (Wildman–Crippen MR) is 98.4 cm³/mol. The van der Waals surface area contributed by atoms with Gasteiger partial charge in [0.05, 0.1) is 6.04 Å². The smallest absolute Gasteiger partial charge is 0.225 e. The van der Waals surface area contributed by atoms with Gasteiger partial charge in [0.15, 0.2) is 0 Å². The van der Waals surface area contributed by atoms with Crippen molar-refractivity contribution in [3.05, 3.63) is 35.6 Å². The summed E-state index contributed by atoms with van der Waals surface area (Å²) < 4.78 is 13.1. The highest BCUT2D eigenvalue weighted by molar-refractivity contribution is 5.81. The third-order valence-electron chi connectivity index (χ3n) is 3.92. The van der Waals surface area contributed by atoms with E-state index in [9.17, 15) is 14.0 Å². The second kappa shape index (κ2) is 8.45. The molecule has 1 rings (SSSR count). The van der Waals surface area contributed by atoms with Gasteiger partial charge in [-0.2, -0.15) is 0 Å². The van der Waals surface area contributed by atoms with Gasteiger partial charge in [-0.25, -0.2) is 4.39 Å². The van der Waals surface area contributed by atoms with Gasteiger partial charge in [-0.05, 0) is 29.5 Å². The lowest BCUT2D eigenvalue weighted by Crippen LogP contribution is -2.38. The van der Waals surface area contributed by atoms with Gasteiger partial charge < -0.3 is 10.6 Å². The van der Waals surface area contributed by atoms with Crippen molar-refractivity contribution in [3.8, 4) is 0 Å². The minimum Gasteiger partial charge on any atom is -0.356 e. The van der Waals surface area contributed by atoms with Gasteiger partial charge >= 0.3 is 0 Å². The number of halogens is 1. The van der Waals surface area contributed by atoms with Crippen LogP contribution in [0, 0.1) is 16.6 Å². The van der Waals surface area contributed by atoms with Crippen LogP contribution in [0.3, 0.4) is 0 Å². The van der Waals surface area contributed by atoms with Crippen molar-refractivity contribution in [2.45, 2.75) is 60.4 Å². The van der Waals surface area contributed by atoms with Crippen molar-refractivity contribution < 1.29 is 14.0 Å². The van der Waals surface area contributed by atoms with Crippen LogP contribution in [0.5, 0.6) is 0 Å². The Morgan fingerprint density at radius 2 is 1.60 bits per heavy atom. The Morgan fingerprint density at radius 3 is 2.08 bits per heavy atom. The van der Waals surface area contributed by atoms with Crippen LogP contribution in [-0.2, 0) is 9.59 Å². The van der Waals surface area contributed by atoms with Crippen molar-refractivity contribution in [2.24, 2.45) is 10.8 Å². The molecule has 0 aromatic heterocycles. The fourth-order valence-corrected chi connectivity index (χ4v) is 2.40. The Kier molecular flexibility index (Phi) is 7.15. The molecule has 5 heteroatoms. The summed E-state index contributed by atoms with van der Waals surface area (Å²) in [5.74, 6) is -0.390. The van der Waals surface area contributed by atoms with Gasteiger partial charge in [-0.1, -0.05) is 53.7 Å². The monoisotopic (exact) mass is 350 g/mol. The van der Waals surface area contributed by atoms with Crippen LogP contribution in [-0.4, -0.2) is 18.4 Å². The molecule has 0 aliphatic rings. The fraction of sp³-hybridized carbons (Fsp3) is 0.600. The lowest BCUT2D eigenvalue weighted by molar-refractivity contribution is -0.129. The maximum absolute atomic E-state index is 13.1. The first kappa shape index (κ1) is 21.1. The Labute approximate surface area is 150 Å². The second-order valence-corrected chi connectivity index (χ2v) is 8.53. The molecule has 0 aliphatic heterocycles. The van der Waals surface area contributed by atoms with E-state index in [-0.39, 0.29) is 29.1 Å². The summed E-state index contributed by atoms with van der Waals surface area (Å²) >= 11 is 0. The van der Waals surface area contributed by atoms with Crippen LogP contribution in [0.15, 0.2) is 24.3 Å². The van der Waals surface area contributed by atoms with Crippen LogP contribution < -0.4 is 10.6 Å². The van der Waals surface area contributed by atoms with E-state index in [1.54, 1.807) is 12.1 Å². The number of carbonyl (C=O) groups is 2. The van der Waals surface area contributed by atoms with E-state index in [1.165, 1.54) is 12.1 Å². The standard InChI is InChI=1S/C20H31FN2O2/c1-19(2,3)17(14-9-11-15(21)12-10-14)23-16(24)8-7-13-22-18(25)20(4,5)6/h9-12,17H,7-8,13H2,1-6H3,(H,22,25)(H,23,24). The van der Waals surface area contributed by atoms with E-state index >= 15 is 0 Å². The summed E-state index contributed by atoms with van der Waals surface area (Å²) in [4.78, 5) is 24.1. The van der Waals surface area contributed by atoms with Crippen molar-refractivity contribution in [1.82, 2.24) is 10.6 Å². The highest BCUT2D eigenvalue weighted by atomic mass is 19.1. The maximum atomic E-state index is 13.1. The van der Waals surface area contributed by atoms with Crippen LogP contribution in [0.4, 0.5) is 4.39 Å². The first-order valence-corrected chi connectivity index (χ1v) is 8.74. The average molecular weight is 350 g/mol. The van der Waals surface area contributed by atoms with Crippen LogP contribution in [0.2, 0.25) is 0 Å². The van der Waals surface area contributed by atoms with Crippen LogP contribution >= 0.6 is 0 Å². The Morgan fingerprint density at radius 1 is 1.04 bits per heavy atom. The Hall–Kier alpha value is -1.91. The first-order chi connectivity index (χ1) is 11.4. The van der Waals surface area contributed by atoms with Gasteiger partial charge in [-0.15, -0.1) is 0 Å². The molecule has 140 valence electrons. The zero-order chi connectivity index (χ0) is 19.3. The highest BCUT2D eigenvalue weighted by Crippen LogP contribution is 2.32.